The maximum Gasteiger partial charge on any atom is 0.320 e. The number of hydrogen-bond acceptors (Lipinski definition) is 4. The van der Waals surface area contributed by atoms with Crippen LogP contribution >= 0.6 is 0 Å². The van der Waals surface area contributed by atoms with Crippen LogP contribution in [0.1, 0.15) is 26.7 Å². The SMILES string of the molecule is CCOC(=O)CN(CC(C)OC)C1CC1. The third kappa shape index (κ3) is 4.62. The highest BCUT2D eigenvalue weighted by molar-refractivity contribution is 5.71. The van der Waals surface area contributed by atoms with Gasteiger partial charge in [-0.25, -0.2) is 0 Å². The lowest BCUT2D eigenvalue weighted by atomic mass is 10.3. The second kappa shape index (κ2) is 6.08. The van der Waals surface area contributed by atoms with Crippen molar-refractivity contribution in [1.82, 2.24) is 4.90 Å². The smallest absolute Gasteiger partial charge is 0.320 e. The third-order valence-electron chi connectivity index (χ3n) is 2.59. The zero-order valence-corrected chi connectivity index (χ0v) is 9.86. The molecule has 1 aliphatic rings. The molecule has 0 saturated heterocycles. The molecule has 1 unspecified atom stereocenters. The van der Waals surface area contributed by atoms with E-state index in [1.54, 1.807) is 7.11 Å². The van der Waals surface area contributed by atoms with Gasteiger partial charge in [0.25, 0.3) is 0 Å². The van der Waals surface area contributed by atoms with Crippen molar-refractivity contribution >= 4 is 5.97 Å². The Bertz CT molecular complexity index is 204. The van der Waals surface area contributed by atoms with Gasteiger partial charge in [0.15, 0.2) is 0 Å². The molecule has 1 fully saturated rings. The molecular formula is C11H21NO3. The monoisotopic (exact) mass is 215 g/mol. The van der Waals surface area contributed by atoms with Gasteiger partial charge in [0.1, 0.15) is 0 Å². The fourth-order valence-corrected chi connectivity index (χ4v) is 1.56. The summed E-state index contributed by atoms with van der Waals surface area (Å²) in [6.45, 7) is 5.50. The van der Waals surface area contributed by atoms with Crippen molar-refractivity contribution < 1.29 is 14.3 Å². The molecule has 0 radical (unpaired) electrons. The predicted octanol–water partition coefficient (Wildman–Crippen LogP) is 1.05. The summed E-state index contributed by atoms with van der Waals surface area (Å²) in [5.41, 5.74) is 0. The Kier molecular flexibility index (Phi) is 5.05. The van der Waals surface area contributed by atoms with Gasteiger partial charge < -0.3 is 9.47 Å². The van der Waals surface area contributed by atoms with Crippen LogP contribution in [0.25, 0.3) is 0 Å². The van der Waals surface area contributed by atoms with Gasteiger partial charge in [0, 0.05) is 19.7 Å². The number of rotatable bonds is 7. The average Bonchev–Trinajstić information content (AvgIpc) is 3.00. The van der Waals surface area contributed by atoms with Gasteiger partial charge in [0.05, 0.1) is 19.3 Å². The Morgan fingerprint density at radius 3 is 2.67 bits per heavy atom. The normalized spacial score (nSPS) is 17.9. The summed E-state index contributed by atoms with van der Waals surface area (Å²) in [6.07, 6.45) is 2.55. The minimum Gasteiger partial charge on any atom is -0.465 e. The molecule has 0 bridgehead atoms. The van der Waals surface area contributed by atoms with E-state index >= 15 is 0 Å². The lowest BCUT2D eigenvalue weighted by Gasteiger charge is -2.23. The minimum atomic E-state index is -0.132. The number of ether oxygens (including phenoxy) is 2. The molecule has 1 aliphatic carbocycles. The number of carbonyl (C=O) groups is 1. The molecule has 4 nitrogen and oxygen atoms in total. The van der Waals surface area contributed by atoms with Crippen LogP contribution in [-0.2, 0) is 14.3 Å². The highest BCUT2D eigenvalue weighted by atomic mass is 16.5. The van der Waals surface area contributed by atoms with Gasteiger partial charge in [0.2, 0.25) is 0 Å². The van der Waals surface area contributed by atoms with Gasteiger partial charge >= 0.3 is 5.97 Å². The van der Waals surface area contributed by atoms with Crippen molar-refractivity contribution in [2.24, 2.45) is 0 Å². The molecule has 0 N–H and O–H groups in total. The molecule has 0 aromatic rings. The first-order chi connectivity index (χ1) is 7.17. The summed E-state index contributed by atoms with van der Waals surface area (Å²) < 4.78 is 10.2. The van der Waals surface area contributed by atoms with Gasteiger partial charge in [-0.3, -0.25) is 9.69 Å². The second-order valence-corrected chi connectivity index (χ2v) is 4.01. The van der Waals surface area contributed by atoms with Crippen LogP contribution in [-0.4, -0.2) is 49.8 Å². The Morgan fingerprint density at radius 1 is 1.53 bits per heavy atom. The van der Waals surface area contributed by atoms with Crippen LogP contribution in [0.3, 0.4) is 0 Å². The van der Waals surface area contributed by atoms with Crippen molar-refractivity contribution in [1.29, 1.82) is 0 Å². The molecule has 0 aromatic carbocycles. The van der Waals surface area contributed by atoms with Crippen LogP contribution in [0.2, 0.25) is 0 Å². The molecule has 1 saturated carbocycles. The zero-order chi connectivity index (χ0) is 11.3. The fraction of sp³-hybridized carbons (Fsp3) is 0.909. The van der Waals surface area contributed by atoms with Crippen molar-refractivity contribution in [2.45, 2.75) is 38.8 Å². The number of methoxy groups -OCH3 is 1. The van der Waals surface area contributed by atoms with E-state index in [0.29, 0.717) is 19.2 Å². The maximum atomic E-state index is 11.4. The summed E-state index contributed by atoms with van der Waals surface area (Å²) in [4.78, 5) is 13.5. The first-order valence-electron chi connectivity index (χ1n) is 5.59. The lowest BCUT2D eigenvalue weighted by Crippen LogP contribution is -2.38. The minimum absolute atomic E-state index is 0.132. The lowest BCUT2D eigenvalue weighted by molar-refractivity contribution is -0.144. The van der Waals surface area contributed by atoms with E-state index in [0.717, 1.165) is 6.54 Å². The molecule has 4 heteroatoms. The first-order valence-corrected chi connectivity index (χ1v) is 5.59. The molecule has 0 spiro atoms. The molecule has 1 rings (SSSR count). The standard InChI is InChI=1S/C11H21NO3/c1-4-15-11(13)8-12(10-5-6-10)7-9(2)14-3/h9-10H,4-8H2,1-3H3. The van der Waals surface area contributed by atoms with E-state index in [2.05, 4.69) is 4.90 Å². The molecule has 0 heterocycles. The van der Waals surface area contributed by atoms with E-state index in [9.17, 15) is 4.79 Å². The second-order valence-electron chi connectivity index (χ2n) is 4.01. The van der Waals surface area contributed by atoms with Crippen LogP contribution < -0.4 is 0 Å². The van der Waals surface area contributed by atoms with Crippen molar-refractivity contribution in [2.75, 3.05) is 26.8 Å². The third-order valence-corrected chi connectivity index (χ3v) is 2.59. The molecular weight excluding hydrogens is 194 g/mol. The molecule has 15 heavy (non-hydrogen) atoms. The zero-order valence-electron chi connectivity index (χ0n) is 9.86. The van der Waals surface area contributed by atoms with Crippen LogP contribution in [0.4, 0.5) is 0 Å². The van der Waals surface area contributed by atoms with Crippen LogP contribution in [0.15, 0.2) is 0 Å². The predicted molar refractivity (Wildman–Crippen MR) is 57.7 cm³/mol. The Hall–Kier alpha value is -0.610. The quantitative estimate of drug-likeness (QED) is 0.595. The largest absolute Gasteiger partial charge is 0.465 e. The van der Waals surface area contributed by atoms with Gasteiger partial charge in [-0.05, 0) is 26.7 Å². The molecule has 0 amide bonds. The molecule has 88 valence electrons. The molecule has 0 aromatic heterocycles. The Balaban J connectivity index is 2.33. The van der Waals surface area contributed by atoms with E-state index in [1.165, 1.54) is 12.8 Å². The van der Waals surface area contributed by atoms with Gasteiger partial charge in [-0.15, -0.1) is 0 Å². The van der Waals surface area contributed by atoms with Crippen molar-refractivity contribution in [3.63, 3.8) is 0 Å². The summed E-state index contributed by atoms with van der Waals surface area (Å²) in [6, 6.07) is 0.562. The Labute approximate surface area is 91.5 Å². The van der Waals surface area contributed by atoms with E-state index in [4.69, 9.17) is 9.47 Å². The van der Waals surface area contributed by atoms with Crippen molar-refractivity contribution in [3.05, 3.63) is 0 Å². The summed E-state index contributed by atoms with van der Waals surface area (Å²) in [7, 11) is 1.69. The highest BCUT2D eigenvalue weighted by Crippen LogP contribution is 2.26. The fourth-order valence-electron chi connectivity index (χ4n) is 1.56. The maximum absolute atomic E-state index is 11.4. The molecule has 0 aliphatic heterocycles. The average molecular weight is 215 g/mol. The summed E-state index contributed by atoms with van der Waals surface area (Å²) >= 11 is 0. The summed E-state index contributed by atoms with van der Waals surface area (Å²) in [5.74, 6) is -0.132. The summed E-state index contributed by atoms with van der Waals surface area (Å²) in [5, 5.41) is 0. The highest BCUT2D eigenvalue weighted by Gasteiger charge is 2.31. The number of esters is 1. The number of nitrogens with zero attached hydrogens (tertiary/aromatic N) is 1. The van der Waals surface area contributed by atoms with Gasteiger partial charge in [-0.1, -0.05) is 0 Å². The van der Waals surface area contributed by atoms with Crippen molar-refractivity contribution in [3.8, 4) is 0 Å². The van der Waals surface area contributed by atoms with E-state index in [1.807, 2.05) is 13.8 Å². The number of hydrogen-bond donors (Lipinski definition) is 0. The van der Waals surface area contributed by atoms with Gasteiger partial charge in [-0.2, -0.15) is 0 Å². The van der Waals surface area contributed by atoms with Crippen LogP contribution in [0.5, 0.6) is 0 Å². The molecule has 1 atom stereocenters. The number of carbonyl (C=O) groups excluding carboxylic acids is 1. The first kappa shape index (κ1) is 12.5. The Morgan fingerprint density at radius 2 is 2.20 bits per heavy atom. The van der Waals surface area contributed by atoms with E-state index < -0.39 is 0 Å². The van der Waals surface area contributed by atoms with E-state index in [-0.39, 0.29) is 12.1 Å². The topological polar surface area (TPSA) is 38.8 Å². The van der Waals surface area contributed by atoms with Crippen LogP contribution in [0, 0.1) is 0 Å².